The second-order valence-electron chi connectivity index (χ2n) is 11.9. The predicted octanol–water partition coefficient (Wildman–Crippen LogP) is 4.69. The molecule has 0 unspecified atom stereocenters. The molecule has 2 aromatic carbocycles. The molecule has 0 spiro atoms. The molecule has 2 aliphatic heterocycles. The lowest BCUT2D eigenvalue weighted by molar-refractivity contribution is -0.286. The normalized spacial score (nSPS) is 20.3. The fraction of sp³-hybridized carbons (Fsp3) is 0.312. The van der Waals surface area contributed by atoms with E-state index in [0.717, 1.165) is 0 Å². The summed E-state index contributed by atoms with van der Waals surface area (Å²) in [6, 6.07) is 8.69. The van der Waals surface area contributed by atoms with Crippen molar-refractivity contribution in [1.29, 1.82) is 0 Å². The summed E-state index contributed by atoms with van der Waals surface area (Å²) < 4.78 is 65.3. The minimum Gasteiger partial charge on any atom is -0.494 e. The summed E-state index contributed by atoms with van der Waals surface area (Å²) >= 11 is 3.37. The first-order valence-corrected chi connectivity index (χ1v) is 15.2. The molecule has 2 amide bonds. The van der Waals surface area contributed by atoms with Crippen molar-refractivity contribution in [3.8, 4) is 34.3 Å². The molecule has 0 saturated heterocycles. The zero-order valence-corrected chi connectivity index (χ0v) is 26.4. The highest BCUT2D eigenvalue weighted by Crippen LogP contribution is 2.52. The number of aromatic nitrogens is 2. The minimum absolute atomic E-state index is 0.0502. The van der Waals surface area contributed by atoms with E-state index in [2.05, 4.69) is 40.7 Å². The number of pyridine rings is 2. The van der Waals surface area contributed by atoms with Gasteiger partial charge in [-0.3, -0.25) is 14.6 Å². The van der Waals surface area contributed by atoms with Gasteiger partial charge in [0.1, 0.15) is 40.3 Å². The number of halogens is 4. The summed E-state index contributed by atoms with van der Waals surface area (Å²) in [6.45, 7) is 0.607. The molecule has 4 heterocycles. The van der Waals surface area contributed by atoms with E-state index in [1.807, 2.05) is 0 Å². The largest absolute Gasteiger partial charge is 0.586 e. The first kappa shape index (κ1) is 31.0. The Labute approximate surface area is 273 Å². The van der Waals surface area contributed by atoms with Gasteiger partial charge in [0.25, 0.3) is 5.91 Å². The Morgan fingerprint density at radius 1 is 1.19 bits per heavy atom. The highest BCUT2D eigenvalue weighted by molar-refractivity contribution is 9.10. The Kier molecular flexibility index (Phi) is 7.06. The van der Waals surface area contributed by atoms with Gasteiger partial charge in [-0.1, -0.05) is 0 Å². The molecule has 4 aromatic rings. The van der Waals surface area contributed by atoms with Crippen molar-refractivity contribution in [2.45, 2.75) is 37.1 Å². The number of methoxy groups -OCH3 is 1. The van der Waals surface area contributed by atoms with Gasteiger partial charge in [-0.05, 0) is 78.0 Å². The number of rotatable bonds is 8. The first-order chi connectivity index (χ1) is 22.2. The quantitative estimate of drug-likeness (QED) is 0.236. The Morgan fingerprint density at radius 3 is 2.64 bits per heavy atom. The Bertz CT molecular complexity index is 2010. The number of hydrogen-bond donors (Lipinski definition) is 3. The monoisotopic (exact) mass is 714 g/mol. The van der Waals surface area contributed by atoms with Crippen LogP contribution in [0.2, 0.25) is 0 Å². The molecule has 2 aromatic heterocycles. The number of aliphatic hydroxyl groups is 1. The molecule has 2 atom stereocenters. The number of benzene rings is 2. The number of ether oxygens (including phenoxy) is 4. The predicted molar refractivity (Wildman–Crippen MR) is 163 cm³/mol. The molecule has 7 rings (SSSR count). The number of fused-ring (bicyclic) bond motifs is 3. The van der Waals surface area contributed by atoms with Crippen LogP contribution in [-0.4, -0.2) is 53.4 Å². The van der Waals surface area contributed by atoms with E-state index in [0.29, 0.717) is 34.0 Å². The maximum absolute atomic E-state index is 16.7. The van der Waals surface area contributed by atoms with Crippen molar-refractivity contribution in [2.24, 2.45) is 11.7 Å². The van der Waals surface area contributed by atoms with E-state index in [9.17, 15) is 23.5 Å². The van der Waals surface area contributed by atoms with E-state index in [1.54, 1.807) is 18.3 Å². The minimum atomic E-state index is -3.89. The van der Waals surface area contributed by atoms with E-state index < -0.39 is 53.1 Å². The van der Waals surface area contributed by atoms with Crippen LogP contribution >= 0.6 is 15.9 Å². The van der Waals surface area contributed by atoms with E-state index in [1.165, 1.54) is 38.3 Å². The van der Waals surface area contributed by atoms with Gasteiger partial charge in [0.15, 0.2) is 23.1 Å². The highest BCUT2D eigenvalue weighted by Gasteiger charge is 2.53. The number of alkyl halides is 2. The Balaban J connectivity index is 1.31. The third kappa shape index (κ3) is 5.08. The van der Waals surface area contributed by atoms with E-state index >= 15 is 4.39 Å². The third-order valence-corrected chi connectivity index (χ3v) is 9.18. The van der Waals surface area contributed by atoms with Gasteiger partial charge >= 0.3 is 6.29 Å². The zero-order chi connectivity index (χ0) is 33.5. The van der Waals surface area contributed by atoms with Crippen LogP contribution in [0.25, 0.3) is 22.2 Å². The lowest BCUT2D eigenvalue weighted by Crippen LogP contribution is -2.45. The number of nitrogens with one attached hydrogen (secondary N) is 1. The van der Waals surface area contributed by atoms with Gasteiger partial charge in [0.2, 0.25) is 5.91 Å². The fourth-order valence-corrected chi connectivity index (χ4v) is 6.37. The maximum atomic E-state index is 16.7. The van der Waals surface area contributed by atoms with Gasteiger partial charge in [-0.15, -0.1) is 8.78 Å². The number of nitrogens with two attached hydrogens (primary N) is 1. The maximum Gasteiger partial charge on any atom is 0.586 e. The molecular formula is C32H26BrF3N4O7. The van der Waals surface area contributed by atoms with Crippen LogP contribution in [-0.2, 0) is 15.8 Å². The molecule has 1 aliphatic carbocycles. The number of primary amides is 1. The molecule has 4 N–H and O–H groups in total. The lowest BCUT2D eigenvalue weighted by atomic mass is 9.80. The number of carbonyl (C=O) groups is 2. The van der Waals surface area contributed by atoms with Crippen LogP contribution in [0.1, 0.15) is 41.4 Å². The van der Waals surface area contributed by atoms with Crippen LogP contribution < -0.4 is 30.0 Å². The van der Waals surface area contributed by atoms with Crippen molar-refractivity contribution in [3.05, 3.63) is 69.7 Å². The number of hydrogen-bond acceptors (Lipinski definition) is 9. The molecule has 0 bridgehead atoms. The first-order valence-electron chi connectivity index (χ1n) is 14.5. The van der Waals surface area contributed by atoms with Crippen molar-refractivity contribution in [2.75, 3.05) is 20.3 Å². The molecular weight excluding hydrogens is 689 g/mol. The summed E-state index contributed by atoms with van der Waals surface area (Å²) in [7, 11) is 1.45. The summed E-state index contributed by atoms with van der Waals surface area (Å²) in [5.41, 5.74) is 2.13. The molecule has 11 nitrogen and oxygen atoms in total. The average molecular weight is 715 g/mol. The van der Waals surface area contributed by atoms with Crippen LogP contribution in [0.4, 0.5) is 13.2 Å². The molecule has 1 fully saturated rings. The van der Waals surface area contributed by atoms with E-state index in [-0.39, 0.29) is 46.2 Å². The molecule has 15 heteroatoms. The molecule has 47 heavy (non-hydrogen) atoms. The number of nitrogens with zero attached hydrogens (tertiary/aromatic N) is 2. The average Bonchev–Trinajstić information content (AvgIpc) is 3.76. The molecule has 1 saturated carbocycles. The Hall–Kier alpha value is -4.63. The molecule has 244 valence electrons. The molecule has 3 aliphatic rings. The standard InChI is InChI=1S/C32H26BrF3N4O7/c1-30(29(37)42)13-45-26-22(30)23(34)27(40-25(26)14-3-6-19-20(9-14)47-32(35,36)46-19)31(43,17-4-5-17)12-39-28(41)16-7-15-8-18(33)11-38-24(15)21(10-16)44-2/h3,6-11,17,43H,4-5,12-13H2,1-2H3,(H2,37,42)(H,39,41)/t30-,31+/m0/s1. The van der Waals surface area contributed by atoms with Crippen LogP contribution in [0.3, 0.4) is 0 Å². The zero-order valence-electron chi connectivity index (χ0n) is 24.8. The SMILES string of the molecule is COc1cc(C(=O)NC[C@](O)(c2nc(-c3ccc4c(c3)OC(F)(F)O4)c3c(c2F)[C@@](C)(C(N)=O)CO3)C2CC2)cc2cc(Br)cnc12. The summed E-state index contributed by atoms with van der Waals surface area (Å²) in [4.78, 5) is 35.0. The van der Waals surface area contributed by atoms with E-state index in [4.69, 9.17) is 15.2 Å². The number of carbonyl (C=O) groups excluding carboxylic acids is 2. The smallest absolute Gasteiger partial charge is 0.494 e. The van der Waals surface area contributed by atoms with Crippen LogP contribution in [0, 0.1) is 11.7 Å². The van der Waals surface area contributed by atoms with Gasteiger partial charge in [0.05, 0.1) is 19.2 Å². The Morgan fingerprint density at radius 2 is 1.94 bits per heavy atom. The topological polar surface area (TPSA) is 155 Å². The lowest BCUT2D eigenvalue weighted by Gasteiger charge is -2.30. The van der Waals surface area contributed by atoms with Crippen molar-refractivity contribution < 1.29 is 46.8 Å². The van der Waals surface area contributed by atoms with Gasteiger partial charge in [0, 0.05) is 27.2 Å². The van der Waals surface area contributed by atoms with Gasteiger partial charge in [-0.2, -0.15) is 0 Å². The highest BCUT2D eigenvalue weighted by atomic mass is 79.9. The van der Waals surface area contributed by atoms with Crippen molar-refractivity contribution in [3.63, 3.8) is 0 Å². The summed E-state index contributed by atoms with van der Waals surface area (Å²) in [6.07, 6.45) is -1.31. The van der Waals surface area contributed by atoms with Gasteiger partial charge < -0.3 is 35.1 Å². The van der Waals surface area contributed by atoms with Gasteiger partial charge in [-0.25, -0.2) is 9.37 Å². The molecule has 0 radical (unpaired) electrons. The summed E-state index contributed by atoms with van der Waals surface area (Å²) in [5.74, 6) is -3.34. The third-order valence-electron chi connectivity index (χ3n) is 8.75. The summed E-state index contributed by atoms with van der Waals surface area (Å²) in [5, 5.41) is 15.5. The van der Waals surface area contributed by atoms with Crippen LogP contribution in [0.5, 0.6) is 23.0 Å². The second kappa shape index (κ2) is 10.7. The fourth-order valence-electron chi connectivity index (χ4n) is 6.02. The van der Waals surface area contributed by atoms with Crippen LogP contribution in [0.15, 0.2) is 47.1 Å². The second-order valence-corrected chi connectivity index (χ2v) is 12.8. The number of amides is 2. The van der Waals surface area contributed by atoms with Crippen molar-refractivity contribution >= 4 is 38.6 Å². The van der Waals surface area contributed by atoms with Crippen molar-refractivity contribution in [1.82, 2.24) is 15.3 Å².